The predicted molar refractivity (Wildman–Crippen MR) is 76.8 cm³/mol. The quantitative estimate of drug-likeness (QED) is 0.761. The van der Waals surface area contributed by atoms with Gasteiger partial charge in [-0.25, -0.2) is 4.98 Å². The number of nitrogens with zero attached hydrogens (tertiary/aromatic N) is 3. The minimum Gasteiger partial charge on any atom is -0.318 e. The minimum atomic E-state index is -0.307. The molecule has 0 saturated heterocycles. The van der Waals surface area contributed by atoms with Crippen molar-refractivity contribution in [1.29, 1.82) is 0 Å². The highest BCUT2D eigenvalue weighted by Crippen LogP contribution is 2.19. The lowest BCUT2D eigenvalue weighted by molar-refractivity contribution is 0.787. The number of nitrogens with one attached hydrogen (secondary N) is 1. The zero-order chi connectivity index (χ0) is 13.9. The molecule has 0 spiro atoms. The largest absolute Gasteiger partial charge is 0.318 e. The fourth-order valence-electron chi connectivity index (χ4n) is 1.98. The molecule has 3 N–H and O–H groups in total. The molecule has 0 bridgehead atoms. The van der Waals surface area contributed by atoms with E-state index >= 15 is 0 Å². The van der Waals surface area contributed by atoms with E-state index in [9.17, 15) is 0 Å². The van der Waals surface area contributed by atoms with Crippen LogP contribution in [0.15, 0.2) is 48.8 Å². The van der Waals surface area contributed by atoms with Gasteiger partial charge in [-0.2, -0.15) is 5.10 Å². The molecule has 2 aromatic heterocycles. The number of hydrogen-bond acceptors (Lipinski definition) is 4. The zero-order valence-electron chi connectivity index (χ0n) is 11.1. The maximum atomic E-state index is 6.21. The third-order valence-corrected chi connectivity index (χ3v) is 3.17. The smallest absolute Gasteiger partial charge is 0.181 e. The summed E-state index contributed by atoms with van der Waals surface area (Å²) in [5.74, 6) is 1.28. The lowest BCUT2D eigenvalue weighted by Gasteiger charge is -2.08. The molecule has 5 heteroatoms. The topological polar surface area (TPSA) is 80.5 Å². The first-order valence-corrected chi connectivity index (χ1v) is 6.39. The van der Waals surface area contributed by atoms with Crippen LogP contribution in [0.1, 0.15) is 23.0 Å². The van der Waals surface area contributed by atoms with Crippen molar-refractivity contribution in [2.75, 3.05) is 0 Å². The molecular weight excluding hydrogens is 250 g/mol. The second-order valence-corrected chi connectivity index (χ2v) is 4.67. The molecule has 0 aliphatic carbocycles. The Morgan fingerprint density at radius 2 is 1.75 bits per heavy atom. The van der Waals surface area contributed by atoms with E-state index in [1.165, 1.54) is 5.56 Å². The molecule has 1 atom stereocenters. The monoisotopic (exact) mass is 265 g/mol. The van der Waals surface area contributed by atoms with E-state index in [0.29, 0.717) is 11.6 Å². The van der Waals surface area contributed by atoms with Crippen molar-refractivity contribution in [3.05, 3.63) is 65.7 Å². The van der Waals surface area contributed by atoms with E-state index in [1.54, 1.807) is 12.4 Å². The summed E-state index contributed by atoms with van der Waals surface area (Å²) in [4.78, 5) is 8.44. The number of H-pyrrole nitrogens is 1. The van der Waals surface area contributed by atoms with Crippen LogP contribution in [0.4, 0.5) is 0 Å². The van der Waals surface area contributed by atoms with Gasteiger partial charge < -0.3 is 5.73 Å². The maximum absolute atomic E-state index is 6.21. The third-order valence-electron chi connectivity index (χ3n) is 3.17. The predicted octanol–water partition coefficient (Wildman–Crippen LogP) is 2.22. The Bertz CT molecular complexity index is 688. The average Bonchev–Trinajstić information content (AvgIpc) is 2.98. The molecule has 2 heterocycles. The zero-order valence-corrected chi connectivity index (χ0v) is 11.1. The number of aromatic amines is 1. The van der Waals surface area contributed by atoms with Gasteiger partial charge in [0.1, 0.15) is 5.82 Å². The molecule has 0 fully saturated rings. The van der Waals surface area contributed by atoms with Crippen molar-refractivity contribution in [1.82, 2.24) is 20.2 Å². The first-order chi connectivity index (χ1) is 9.74. The Labute approximate surface area is 116 Å². The summed E-state index contributed by atoms with van der Waals surface area (Å²) in [7, 11) is 0. The molecule has 0 aliphatic rings. The number of pyridine rings is 1. The Hall–Kier alpha value is -2.53. The lowest BCUT2D eigenvalue weighted by atomic mass is 10.1. The fraction of sp³-hybridized carbons (Fsp3) is 0.133. The van der Waals surface area contributed by atoms with Crippen molar-refractivity contribution < 1.29 is 0 Å². The van der Waals surface area contributed by atoms with Gasteiger partial charge in [-0.05, 0) is 24.6 Å². The molecule has 100 valence electrons. The van der Waals surface area contributed by atoms with Crippen LogP contribution in [0.3, 0.4) is 0 Å². The first-order valence-electron chi connectivity index (χ1n) is 6.39. The molecule has 0 amide bonds. The minimum absolute atomic E-state index is 0.307. The Morgan fingerprint density at radius 1 is 1.05 bits per heavy atom. The normalized spacial score (nSPS) is 12.3. The van der Waals surface area contributed by atoms with Gasteiger partial charge in [0.25, 0.3) is 0 Å². The number of aryl methyl sites for hydroxylation is 1. The number of rotatable bonds is 3. The third kappa shape index (κ3) is 2.44. The van der Waals surface area contributed by atoms with Crippen LogP contribution >= 0.6 is 0 Å². The highest BCUT2D eigenvalue weighted by Gasteiger charge is 2.14. The van der Waals surface area contributed by atoms with Crippen LogP contribution in [-0.2, 0) is 0 Å². The SMILES string of the molecule is Cc1ccc([C@@H](N)c2nc(-c3ccncc3)n[nH]2)cc1. The van der Waals surface area contributed by atoms with Crippen molar-refractivity contribution in [2.24, 2.45) is 5.73 Å². The van der Waals surface area contributed by atoms with Crippen molar-refractivity contribution in [3.8, 4) is 11.4 Å². The van der Waals surface area contributed by atoms with Crippen LogP contribution in [0.25, 0.3) is 11.4 Å². The molecule has 5 nitrogen and oxygen atoms in total. The summed E-state index contributed by atoms with van der Waals surface area (Å²) in [6, 6.07) is 11.5. The van der Waals surface area contributed by atoms with Gasteiger partial charge in [-0.1, -0.05) is 29.8 Å². The second-order valence-electron chi connectivity index (χ2n) is 4.67. The fourth-order valence-corrected chi connectivity index (χ4v) is 1.98. The van der Waals surface area contributed by atoms with Crippen molar-refractivity contribution in [3.63, 3.8) is 0 Å². The van der Waals surface area contributed by atoms with Gasteiger partial charge in [-0.15, -0.1) is 0 Å². The van der Waals surface area contributed by atoms with Gasteiger partial charge in [-0.3, -0.25) is 10.1 Å². The van der Waals surface area contributed by atoms with E-state index < -0.39 is 0 Å². The molecule has 0 aliphatic heterocycles. The summed E-state index contributed by atoms with van der Waals surface area (Å²) in [5, 5.41) is 7.12. The van der Waals surface area contributed by atoms with Crippen molar-refractivity contribution >= 4 is 0 Å². The molecular formula is C15H15N5. The maximum Gasteiger partial charge on any atom is 0.181 e. The molecule has 3 aromatic rings. The summed E-state index contributed by atoms with van der Waals surface area (Å²) < 4.78 is 0. The molecule has 0 radical (unpaired) electrons. The molecule has 1 aromatic carbocycles. The van der Waals surface area contributed by atoms with Gasteiger partial charge >= 0.3 is 0 Å². The average molecular weight is 265 g/mol. The second kappa shape index (κ2) is 5.22. The van der Waals surface area contributed by atoms with E-state index in [4.69, 9.17) is 5.73 Å². The van der Waals surface area contributed by atoms with Crippen molar-refractivity contribution in [2.45, 2.75) is 13.0 Å². The molecule has 0 unspecified atom stereocenters. The van der Waals surface area contributed by atoms with Crippen LogP contribution in [-0.4, -0.2) is 20.2 Å². The Kier molecular flexibility index (Phi) is 3.26. The van der Waals surface area contributed by atoms with Crippen LogP contribution in [0.2, 0.25) is 0 Å². The van der Waals surface area contributed by atoms with Gasteiger partial charge in [0.05, 0.1) is 6.04 Å². The standard InChI is InChI=1S/C15H15N5/c1-10-2-4-11(5-3-10)13(16)15-18-14(19-20-15)12-6-8-17-9-7-12/h2-9,13H,16H2,1H3,(H,18,19,20)/t13-/m1/s1. The van der Waals surface area contributed by atoms with Crippen LogP contribution < -0.4 is 5.73 Å². The summed E-state index contributed by atoms with van der Waals surface area (Å²) >= 11 is 0. The first kappa shape index (κ1) is 12.5. The Morgan fingerprint density at radius 3 is 2.45 bits per heavy atom. The van der Waals surface area contributed by atoms with E-state index in [0.717, 1.165) is 11.1 Å². The summed E-state index contributed by atoms with van der Waals surface area (Å²) in [6.07, 6.45) is 3.43. The summed E-state index contributed by atoms with van der Waals surface area (Å²) in [6.45, 7) is 2.05. The number of nitrogens with two attached hydrogens (primary N) is 1. The Balaban J connectivity index is 1.88. The summed E-state index contributed by atoms with van der Waals surface area (Å²) in [5.41, 5.74) is 9.34. The van der Waals surface area contributed by atoms with E-state index in [2.05, 4.69) is 20.2 Å². The molecule has 0 saturated carbocycles. The van der Waals surface area contributed by atoms with Gasteiger partial charge in [0, 0.05) is 18.0 Å². The van der Waals surface area contributed by atoms with Gasteiger partial charge in [0.15, 0.2) is 5.82 Å². The molecule has 3 rings (SSSR count). The molecule has 20 heavy (non-hydrogen) atoms. The number of hydrogen-bond donors (Lipinski definition) is 2. The lowest BCUT2D eigenvalue weighted by Crippen LogP contribution is -2.13. The van der Waals surface area contributed by atoms with E-state index in [1.807, 2.05) is 43.3 Å². The van der Waals surface area contributed by atoms with Crippen LogP contribution in [0.5, 0.6) is 0 Å². The van der Waals surface area contributed by atoms with E-state index in [-0.39, 0.29) is 6.04 Å². The highest BCUT2D eigenvalue weighted by molar-refractivity contribution is 5.53. The van der Waals surface area contributed by atoms with Crippen LogP contribution in [0, 0.1) is 6.92 Å². The van der Waals surface area contributed by atoms with Gasteiger partial charge in [0.2, 0.25) is 0 Å². The highest BCUT2D eigenvalue weighted by atomic mass is 15.2. The number of benzene rings is 1. The number of aromatic nitrogens is 4.